The number of fused-ring (bicyclic) bond motifs is 1. The third-order valence-corrected chi connectivity index (χ3v) is 5.06. The fourth-order valence-electron chi connectivity index (χ4n) is 3.64. The van der Waals surface area contributed by atoms with Crippen LogP contribution in [0.3, 0.4) is 0 Å². The number of benzene rings is 3. The van der Waals surface area contributed by atoms with Crippen LogP contribution in [0.15, 0.2) is 60.7 Å². The molecule has 0 fully saturated rings. The summed E-state index contributed by atoms with van der Waals surface area (Å²) in [7, 11) is 3.16. The zero-order valence-corrected chi connectivity index (χ0v) is 17.0. The van der Waals surface area contributed by atoms with Gasteiger partial charge < -0.3 is 19.3 Å². The molecule has 0 bridgehead atoms. The number of hydrogen-bond acceptors (Lipinski definition) is 4. The lowest BCUT2D eigenvalue weighted by Crippen LogP contribution is -2.27. The second-order valence-electron chi connectivity index (χ2n) is 7.54. The Bertz CT molecular complexity index is 1080. The molecule has 0 aromatic heterocycles. The fraction of sp³-hybridized carbons (Fsp3) is 0.200. The molecule has 1 aliphatic rings. The Morgan fingerprint density at radius 3 is 2.34 bits per heavy atom. The highest BCUT2D eigenvalue weighted by atomic mass is 16.5. The van der Waals surface area contributed by atoms with Gasteiger partial charge in [0.1, 0.15) is 17.1 Å². The van der Waals surface area contributed by atoms with Crippen LogP contribution < -0.4 is 14.2 Å². The molecule has 1 aliphatic heterocycles. The van der Waals surface area contributed by atoms with E-state index >= 15 is 0 Å². The predicted molar refractivity (Wildman–Crippen MR) is 116 cm³/mol. The third-order valence-electron chi connectivity index (χ3n) is 5.06. The van der Waals surface area contributed by atoms with Crippen molar-refractivity contribution >= 4 is 6.08 Å². The standard InChI is InChI=1S/C25H24O4/c1-25(2)13-12-17-14-18(10-11-20(17)29-25)22-21(27-3)15-19(24(28-4)23(22)26)16-8-6-5-7-9-16/h5-15,26H,1-4H3. The first-order valence-electron chi connectivity index (χ1n) is 9.49. The number of phenolic OH excluding ortho intramolecular Hbond substituents is 1. The van der Waals surface area contributed by atoms with Crippen LogP contribution in [-0.2, 0) is 0 Å². The number of phenols is 1. The van der Waals surface area contributed by atoms with Crippen LogP contribution in [0.5, 0.6) is 23.0 Å². The van der Waals surface area contributed by atoms with Gasteiger partial charge in [-0.3, -0.25) is 0 Å². The normalized spacial score (nSPS) is 14.1. The second-order valence-corrected chi connectivity index (χ2v) is 7.54. The highest BCUT2D eigenvalue weighted by Gasteiger charge is 2.25. The minimum Gasteiger partial charge on any atom is -0.504 e. The molecule has 1 N–H and O–H groups in total. The van der Waals surface area contributed by atoms with Crippen molar-refractivity contribution in [3.05, 3.63) is 66.2 Å². The van der Waals surface area contributed by atoms with Gasteiger partial charge in [-0.05, 0) is 49.2 Å². The van der Waals surface area contributed by atoms with Crippen molar-refractivity contribution < 1.29 is 19.3 Å². The van der Waals surface area contributed by atoms with Crippen LogP contribution in [0.4, 0.5) is 0 Å². The van der Waals surface area contributed by atoms with Gasteiger partial charge in [0.05, 0.1) is 19.8 Å². The highest BCUT2D eigenvalue weighted by molar-refractivity contribution is 5.88. The molecule has 0 unspecified atom stereocenters. The molecule has 0 atom stereocenters. The van der Waals surface area contributed by atoms with E-state index in [9.17, 15) is 5.11 Å². The fourth-order valence-corrected chi connectivity index (χ4v) is 3.64. The van der Waals surface area contributed by atoms with Gasteiger partial charge in [-0.1, -0.05) is 42.5 Å². The summed E-state index contributed by atoms with van der Waals surface area (Å²) in [4.78, 5) is 0. The summed E-state index contributed by atoms with van der Waals surface area (Å²) in [5.74, 6) is 1.85. The van der Waals surface area contributed by atoms with Crippen molar-refractivity contribution in [1.29, 1.82) is 0 Å². The first-order valence-corrected chi connectivity index (χ1v) is 9.49. The summed E-state index contributed by atoms with van der Waals surface area (Å²) in [5.41, 5.74) is 3.74. The molecule has 29 heavy (non-hydrogen) atoms. The van der Waals surface area contributed by atoms with E-state index in [1.165, 1.54) is 0 Å². The molecule has 0 radical (unpaired) electrons. The lowest BCUT2D eigenvalue weighted by Gasteiger charge is -2.28. The van der Waals surface area contributed by atoms with E-state index in [0.717, 1.165) is 28.0 Å². The molecule has 0 spiro atoms. The number of rotatable bonds is 4. The average molecular weight is 388 g/mol. The second kappa shape index (κ2) is 7.21. The Morgan fingerprint density at radius 1 is 0.897 bits per heavy atom. The summed E-state index contributed by atoms with van der Waals surface area (Å²) in [6, 6.07) is 17.5. The summed E-state index contributed by atoms with van der Waals surface area (Å²) in [6.45, 7) is 4.03. The zero-order chi connectivity index (χ0) is 20.6. The molecular formula is C25H24O4. The van der Waals surface area contributed by atoms with Gasteiger partial charge in [-0.2, -0.15) is 0 Å². The van der Waals surface area contributed by atoms with Gasteiger partial charge in [0.2, 0.25) is 0 Å². The van der Waals surface area contributed by atoms with E-state index in [1.54, 1.807) is 14.2 Å². The molecule has 3 aromatic rings. The van der Waals surface area contributed by atoms with Gasteiger partial charge in [-0.25, -0.2) is 0 Å². The molecular weight excluding hydrogens is 364 g/mol. The number of ether oxygens (including phenoxy) is 3. The maximum absolute atomic E-state index is 11.1. The molecule has 0 amide bonds. The van der Waals surface area contributed by atoms with Crippen molar-refractivity contribution in [1.82, 2.24) is 0 Å². The Morgan fingerprint density at radius 2 is 1.66 bits per heavy atom. The minimum atomic E-state index is -0.338. The van der Waals surface area contributed by atoms with E-state index in [0.29, 0.717) is 17.1 Å². The van der Waals surface area contributed by atoms with Crippen LogP contribution in [0.25, 0.3) is 28.3 Å². The molecule has 4 nitrogen and oxygen atoms in total. The van der Waals surface area contributed by atoms with Crippen LogP contribution in [0.1, 0.15) is 19.4 Å². The van der Waals surface area contributed by atoms with Crippen molar-refractivity contribution in [3.8, 4) is 45.3 Å². The van der Waals surface area contributed by atoms with Crippen LogP contribution in [0.2, 0.25) is 0 Å². The maximum Gasteiger partial charge on any atom is 0.170 e. The van der Waals surface area contributed by atoms with Gasteiger partial charge >= 0.3 is 0 Å². The van der Waals surface area contributed by atoms with Crippen molar-refractivity contribution in [2.45, 2.75) is 19.4 Å². The maximum atomic E-state index is 11.1. The van der Waals surface area contributed by atoms with Crippen molar-refractivity contribution in [2.75, 3.05) is 14.2 Å². The zero-order valence-electron chi connectivity index (χ0n) is 17.0. The molecule has 4 rings (SSSR count). The Hall–Kier alpha value is -3.40. The molecule has 4 heteroatoms. The third kappa shape index (κ3) is 3.42. The van der Waals surface area contributed by atoms with E-state index in [-0.39, 0.29) is 11.4 Å². The molecule has 148 valence electrons. The minimum absolute atomic E-state index is 0.0479. The molecule has 3 aromatic carbocycles. The lowest BCUT2D eigenvalue weighted by atomic mass is 9.94. The lowest BCUT2D eigenvalue weighted by molar-refractivity contribution is 0.159. The smallest absolute Gasteiger partial charge is 0.170 e. The highest BCUT2D eigenvalue weighted by Crippen LogP contribution is 2.50. The first-order chi connectivity index (χ1) is 13.9. The summed E-state index contributed by atoms with van der Waals surface area (Å²) < 4.78 is 17.3. The topological polar surface area (TPSA) is 47.9 Å². The Balaban J connectivity index is 1.89. The SMILES string of the molecule is COc1cc(-c2ccccc2)c(OC)c(O)c1-c1ccc2c(c1)C=CC(C)(C)O2. The van der Waals surface area contributed by atoms with Crippen LogP contribution in [0, 0.1) is 0 Å². The Kier molecular flexibility index (Phi) is 4.71. The molecule has 0 saturated heterocycles. The van der Waals surface area contributed by atoms with E-state index < -0.39 is 0 Å². The first kappa shape index (κ1) is 18.9. The van der Waals surface area contributed by atoms with Gasteiger partial charge in [0, 0.05) is 11.1 Å². The monoisotopic (exact) mass is 388 g/mol. The largest absolute Gasteiger partial charge is 0.504 e. The average Bonchev–Trinajstić information content (AvgIpc) is 2.72. The van der Waals surface area contributed by atoms with E-state index in [4.69, 9.17) is 14.2 Å². The summed E-state index contributed by atoms with van der Waals surface area (Å²) >= 11 is 0. The summed E-state index contributed by atoms with van der Waals surface area (Å²) in [5, 5.41) is 11.1. The van der Waals surface area contributed by atoms with Crippen molar-refractivity contribution in [3.63, 3.8) is 0 Å². The quantitative estimate of drug-likeness (QED) is 0.602. The van der Waals surface area contributed by atoms with Gasteiger partial charge in [-0.15, -0.1) is 0 Å². The predicted octanol–water partition coefficient (Wildman–Crippen LogP) is 5.93. The van der Waals surface area contributed by atoms with Gasteiger partial charge in [0.15, 0.2) is 11.5 Å². The number of aromatic hydroxyl groups is 1. The van der Waals surface area contributed by atoms with Crippen molar-refractivity contribution in [2.24, 2.45) is 0 Å². The van der Waals surface area contributed by atoms with E-state index in [1.807, 2.05) is 80.6 Å². The molecule has 0 aliphatic carbocycles. The molecule has 0 saturated carbocycles. The Labute approximate surface area is 171 Å². The van der Waals surface area contributed by atoms with Crippen LogP contribution >= 0.6 is 0 Å². The molecule has 1 heterocycles. The van der Waals surface area contributed by atoms with Crippen LogP contribution in [-0.4, -0.2) is 24.9 Å². The summed E-state index contributed by atoms with van der Waals surface area (Å²) in [6.07, 6.45) is 4.07. The number of methoxy groups -OCH3 is 2. The van der Waals surface area contributed by atoms with E-state index in [2.05, 4.69) is 0 Å². The van der Waals surface area contributed by atoms with Gasteiger partial charge in [0.25, 0.3) is 0 Å². The number of hydrogen-bond donors (Lipinski definition) is 1.